The molecule has 0 amide bonds. The Morgan fingerprint density at radius 1 is 1.28 bits per heavy atom. The van der Waals surface area contributed by atoms with Crippen LogP contribution >= 0.6 is 15.9 Å². The quantitative estimate of drug-likeness (QED) is 0.886. The van der Waals surface area contributed by atoms with Crippen molar-refractivity contribution < 1.29 is 4.42 Å². The van der Waals surface area contributed by atoms with Crippen LogP contribution in [0.15, 0.2) is 39.2 Å². The number of aryl methyl sites for hydroxylation is 1. The summed E-state index contributed by atoms with van der Waals surface area (Å²) in [5, 5.41) is 3.35. The Balaban J connectivity index is 2.32. The molecule has 0 spiro atoms. The summed E-state index contributed by atoms with van der Waals surface area (Å²) >= 11 is 3.62. The lowest BCUT2D eigenvalue weighted by Gasteiger charge is -2.09. The molecule has 0 saturated heterocycles. The van der Waals surface area contributed by atoms with Gasteiger partial charge in [-0.05, 0) is 54.0 Å². The van der Waals surface area contributed by atoms with Gasteiger partial charge in [0.1, 0.15) is 11.5 Å². The molecule has 18 heavy (non-hydrogen) atoms. The molecule has 2 nitrogen and oxygen atoms in total. The molecule has 1 unspecified atom stereocenters. The minimum Gasteiger partial charge on any atom is -0.459 e. The molecule has 0 saturated carbocycles. The molecule has 0 fully saturated rings. The van der Waals surface area contributed by atoms with Gasteiger partial charge in [0, 0.05) is 10.0 Å². The highest BCUT2D eigenvalue weighted by Crippen LogP contribution is 2.32. The average molecular weight is 308 g/mol. The molecular formula is C15H18BrNO. The third kappa shape index (κ3) is 2.68. The van der Waals surface area contributed by atoms with Crippen molar-refractivity contribution in [3.05, 3.63) is 46.1 Å². The van der Waals surface area contributed by atoms with Gasteiger partial charge in [0.2, 0.25) is 0 Å². The van der Waals surface area contributed by atoms with Crippen molar-refractivity contribution in [3.63, 3.8) is 0 Å². The summed E-state index contributed by atoms with van der Waals surface area (Å²) in [4.78, 5) is 0. The second-order valence-corrected chi connectivity index (χ2v) is 5.21. The Hall–Kier alpha value is -1.06. The van der Waals surface area contributed by atoms with Crippen LogP contribution in [0.25, 0.3) is 11.3 Å². The van der Waals surface area contributed by atoms with Gasteiger partial charge in [-0.25, -0.2) is 0 Å². The number of benzene rings is 1. The third-order valence-corrected chi connectivity index (χ3v) is 4.07. The first-order valence-corrected chi connectivity index (χ1v) is 7.01. The number of hydrogen-bond donors (Lipinski definition) is 1. The number of rotatable bonds is 4. The van der Waals surface area contributed by atoms with Crippen molar-refractivity contribution in [3.8, 4) is 11.3 Å². The Bertz CT molecular complexity index is 533. The van der Waals surface area contributed by atoms with Gasteiger partial charge in [0.05, 0.1) is 6.04 Å². The van der Waals surface area contributed by atoms with E-state index >= 15 is 0 Å². The highest BCUT2D eigenvalue weighted by atomic mass is 79.9. The third-order valence-electron chi connectivity index (χ3n) is 3.02. The van der Waals surface area contributed by atoms with Gasteiger partial charge in [-0.2, -0.15) is 0 Å². The molecule has 1 heterocycles. The minimum atomic E-state index is 0.243. The van der Waals surface area contributed by atoms with E-state index in [1.807, 2.05) is 18.2 Å². The van der Waals surface area contributed by atoms with Crippen LogP contribution in [-0.4, -0.2) is 6.54 Å². The van der Waals surface area contributed by atoms with E-state index in [0.717, 1.165) is 28.1 Å². The van der Waals surface area contributed by atoms with Crippen molar-refractivity contribution in [2.45, 2.75) is 26.8 Å². The summed E-state index contributed by atoms with van der Waals surface area (Å²) in [5.74, 6) is 1.88. The predicted octanol–water partition coefficient (Wildman–Crippen LogP) is 4.69. The Morgan fingerprint density at radius 3 is 2.78 bits per heavy atom. The van der Waals surface area contributed by atoms with Crippen LogP contribution in [-0.2, 0) is 0 Å². The molecule has 0 aliphatic heterocycles. The van der Waals surface area contributed by atoms with E-state index in [4.69, 9.17) is 4.42 Å². The fourth-order valence-corrected chi connectivity index (χ4v) is 2.43. The van der Waals surface area contributed by atoms with E-state index in [-0.39, 0.29) is 6.04 Å². The zero-order valence-corrected chi connectivity index (χ0v) is 12.5. The second-order valence-electron chi connectivity index (χ2n) is 4.42. The van der Waals surface area contributed by atoms with E-state index in [0.29, 0.717) is 0 Å². The normalized spacial score (nSPS) is 12.7. The lowest BCUT2D eigenvalue weighted by Crippen LogP contribution is -2.16. The molecule has 3 heteroatoms. The number of nitrogens with one attached hydrogen (secondary N) is 1. The Labute approximate surface area is 117 Å². The maximum atomic E-state index is 5.93. The molecule has 2 aromatic rings. The minimum absolute atomic E-state index is 0.243. The summed E-state index contributed by atoms with van der Waals surface area (Å²) < 4.78 is 7.03. The average Bonchev–Trinajstić information content (AvgIpc) is 2.82. The van der Waals surface area contributed by atoms with Gasteiger partial charge in [-0.1, -0.05) is 25.1 Å². The van der Waals surface area contributed by atoms with E-state index in [1.54, 1.807) is 0 Å². The van der Waals surface area contributed by atoms with Crippen molar-refractivity contribution in [2.75, 3.05) is 6.54 Å². The van der Waals surface area contributed by atoms with Crippen LogP contribution < -0.4 is 5.32 Å². The van der Waals surface area contributed by atoms with Crippen molar-refractivity contribution in [2.24, 2.45) is 0 Å². The monoisotopic (exact) mass is 307 g/mol. The number of hydrogen-bond acceptors (Lipinski definition) is 2. The largest absolute Gasteiger partial charge is 0.459 e. The number of halogens is 1. The smallest absolute Gasteiger partial charge is 0.135 e. The molecule has 1 aromatic carbocycles. The molecule has 0 aliphatic carbocycles. The zero-order valence-electron chi connectivity index (χ0n) is 11.0. The maximum absolute atomic E-state index is 5.93. The first kappa shape index (κ1) is 13.4. The lowest BCUT2D eigenvalue weighted by atomic mass is 10.1. The van der Waals surface area contributed by atoms with Gasteiger partial charge in [0.15, 0.2) is 0 Å². The summed E-state index contributed by atoms with van der Waals surface area (Å²) in [6.07, 6.45) is 0. The van der Waals surface area contributed by atoms with Crippen LogP contribution in [0.4, 0.5) is 0 Å². The molecule has 1 N–H and O–H groups in total. The summed E-state index contributed by atoms with van der Waals surface area (Å²) in [7, 11) is 0. The highest BCUT2D eigenvalue weighted by Gasteiger charge is 2.12. The second kappa shape index (κ2) is 5.72. The Morgan fingerprint density at radius 2 is 2.06 bits per heavy atom. The SMILES string of the molecule is CCNC(C)c1ccc(-c2cccc(C)c2Br)o1. The first-order chi connectivity index (χ1) is 8.63. The van der Waals surface area contributed by atoms with Crippen molar-refractivity contribution in [1.82, 2.24) is 5.32 Å². The topological polar surface area (TPSA) is 25.2 Å². The van der Waals surface area contributed by atoms with Gasteiger partial charge >= 0.3 is 0 Å². The molecule has 0 radical (unpaired) electrons. The van der Waals surface area contributed by atoms with Crippen LogP contribution in [0.5, 0.6) is 0 Å². The molecule has 2 rings (SSSR count). The molecule has 1 atom stereocenters. The number of furan rings is 1. The zero-order chi connectivity index (χ0) is 13.1. The molecule has 0 aliphatic rings. The van der Waals surface area contributed by atoms with E-state index < -0.39 is 0 Å². The summed E-state index contributed by atoms with van der Waals surface area (Å²) in [5.41, 5.74) is 2.31. The Kier molecular flexibility index (Phi) is 4.25. The van der Waals surface area contributed by atoms with Gasteiger partial charge < -0.3 is 9.73 Å². The van der Waals surface area contributed by atoms with Gasteiger partial charge in [-0.15, -0.1) is 0 Å². The molecule has 1 aromatic heterocycles. The molecule has 0 bridgehead atoms. The van der Waals surface area contributed by atoms with Crippen molar-refractivity contribution >= 4 is 15.9 Å². The van der Waals surface area contributed by atoms with E-state index in [2.05, 4.69) is 54.2 Å². The van der Waals surface area contributed by atoms with Crippen LogP contribution in [0, 0.1) is 6.92 Å². The van der Waals surface area contributed by atoms with Gasteiger partial charge in [-0.3, -0.25) is 0 Å². The maximum Gasteiger partial charge on any atom is 0.135 e. The van der Waals surface area contributed by atoms with Crippen molar-refractivity contribution in [1.29, 1.82) is 0 Å². The van der Waals surface area contributed by atoms with E-state index in [1.165, 1.54) is 5.56 Å². The first-order valence-electron chi connectivity index (χ1n) is 6.22. The van der Waals surface area contributed by atoms with Gasteiger partial charge in [0.25, 0.3) is 0 Å². The lowest BCUT2D eigenvalue weighted by molar-refractivity contribution is 0.445. The summed E-state index contributed by atoms with van der Waals surface area (Å²) in [6.45, 7) is 7.22. The van der Waals surface area contributed by atoms with Crippen LogP contribution in [0.1, 0.15) is 31.2 Å². The fourth-order valence-electron chi connectivity index (χ4n) is 1.97. The predicted molar refractivity (Wildman–Crippen MR) is 78.7 cm³/mol. The molecular weight excluding hydrogens is 290 g/mol. The highest BCUT2D eigenvalue weighted by molar-refractivity contribution is 9.10. The van der Waals surface area contributed by atoms with Crippen LogP contribution in [0.3, 0.4) is 0 Å². The molecule has 96 valence electrons. The van der Waals surface area contributed by atoms with Crippen LogP contribution in [0.2, 0.25) is 0 Å². The summed E-state index contributed by atoms with van der Waals surface area (Å²) in [6, 6.07) is 10.5. The van der Waals surface area contributed by atoms with E-state index in [9.17, 15) is 0 Å². The fraction of sp³-hybridized carbons (Fsp3) is 0.333. The standard InChI is InChI=1S/C15H18BrNO/c1-4-17-11(3)13-8-9-14(18-13)12-7-5-6-10(2)15(12)16/h5-9,11,17H,4H2,1-3H3.